The van der Waals surface area contributed by atoms with Crippen molar-refractivity contribution in [2.24, 2.45) is 7.05 Å². The number of benzene rings is 1. The number of hydrogen-bond donors (Lipinski definition) is 1. The zero-order chi connectivity index (χ0) is 15.6. The zero-order valence-electron chi connectivity index (χ0n) is 12.4. The summed E-state index contributed by atoms with van der Waals surface area (Å²) in [6, 6.07) is 8.40. The van der Waals surface area contributed by atoms with E-state index in [0.717, 1.165) is 24.1 Å². The molecule has 0 saturated heterocycles. The summed E-state index contributed by atoms with van der Waals surface area (Å²) in [6.45, 7) is 2.03. The molecule has 1 heterocycles. The van der Waals surface area contributed by atoms with Crippen molar-refractivity contribution in [1.82, 2.24) is 9.78 Å². The lowest BCUT2D eigenvalue weighted by molar-refractivity contribution is 0.175. The summed E-state index contributed by atoms with van der Waals surface area (Å²) in [5.74, 6) is 0. The smallest absolute Gasteiger partial charge is 0.175 e. The summed E-state index contributed by atoms with van der Waals surface area (Å²) in [5, 5.41) is 14.7. The third-order valence-electron chi connectivity index (χ3n) is 3.46. The van der Waals surface area contributed by atoms with E-state index < -0.39 is 15.9 Å². The van der Waals surface area contributed by atoms with Crippen molar-refractivity contribution >= 4 is 9.84 Å². The minimum absolute atomic E-state index is 0.221. The van der Waals surface area contributed by atoms with Gasteiger partial charge in [0.1, 0.15) is 0 Å². The van der Waals surface area contributed by atoms with Crippen LogP contribution in [-0.2, 0) is 29.7 Å². The average Bonchev–Trinajstić information content (AvgIpc) is 2.78. The van der Waals surface area contributed by atoms with Crippen molar-refractivity contribution in [3.8, 4) is 0 Å². The molecule has 1 N–H and O–H groups in total. The first-order valence-electron chi connectivity index (χ1n) is 6.81. The molecular weight excluding hydrogens is 288 g/mol. The van der Waals surface area contributed by atoms with Crippen molar-refractivity contribution in [3.63, 3.8) is 0 Å². The largest absolute Gasteiger partial charge is 0.388 e. The van der Waals surface area contributed by atoms with Crippen LogP contribution in [0.15, 0.2) is 35.2 Å². The maximum atomic E-state index is 11.6. The van der Waals surface area contributed by atoms with Crippen LogP contribution in [0.1, 0.15) is 30.0 Å². The van der Waals surface area contributed by atoms with Gasteiger partial charge in [-0.15, -0.1) is 0 Å². The van der Waals surface area contributed by atoms with Gasteiger partial charge in [0, 0.05) is 25.4 Å². The van der Waals surface area contributed by atoms with E-state index in [2.05, 4.69) is 5.10 Å². The lowest BCUT2D eigenvalue weighted by Crippen LogP contribution is -2.07. The van der Waals surface area contributed by atoms with Crippen LogP contribution in [0.2, 0.25) is 0 Å². The standard InChI is InChI=1S/C15H20N2O3S/c1-4-12-9-13(17(2)16-12)10-15(18)11-6-5-7-14(8-11)21(3,19)20/h5-9,15,18H,4,10H2,1-3H3. The number of aromatic nitrogens is 2. The SMILES string of the molecule is CCc1cc(CC(O)c2cccc(S(C)(=O)=O)c2)n(C)n1. The predicted molar refractivity (Wildman–Crippen MR) is 80.8 cm³/mol. The molecule has 0 aliphatic heterocycles. The van der Waals surface area contributed by atoms with E-state index in [9.17, 15) is 13.5 Å². The monoisotopic (exact) mass is 308 g/mol. The second-order valence-electron chi connectivity index (χ2n) is 5.17. The molecule has 0 aliphatic rings. The van der Waals surface area contributed by atoms with E-state index in [4.69, 9.17) is 0 Å². The van der Waals surface area contributed by atoms with Crippen molar-refractivity contribution in [3.05, 3.63) is 47.3 Å². The van der Waals surface area contributed by atoms with E-state index >= 15 is 0 Å². The molecule has 0 aliphatic carbocycles. The maximum absolute atomic E-state index is 11.6. The molecule has 1 aromatic carbocycles. The van der Waals surface area contributed by atoms with Gasteiger partial charge in [0.2, 0.25) is 0 Å². The predicted octanol–water partition coefficient (Wildman–Crippen LogP) is 1.66. The highest BCUT2D eigenvalue weighted by molar-refractivity contribution is 7.90. The molecule has 1 unspecified atom stereocenters. The fraction of sp³-hybridized carbons (Fsp3) is 0.400. The summed E-state index contributed by atoms with van der Waals surface area (Å²) >= 11 is 0. The van der Waals surface area contributed by atoms with Gasteiger partial charge in [-0.1, -0.05) is 19.1 Å². The second kappa shape index (κ2) is 5.99. The second-order valence-corrected chi connectivity index (χ2v) is 7.18. The number of sulfone groups is 1. The summed E-state index contributed by atoms with van der Waals surface area (Å²) in [5.41, 5.74) is 2.49. The molecule has 1 aromatic heterocycles. The Morgan fingerprint density at radius 1 is 1.33 bits per heavy atom. The van der Waals surface area contributed by atoms with Gasteiger partial charge in [-0.05, 0) is 30.2 Å². The molecule has 0 bridgehead atoms. The molecule has 0 amide bonds. The van der Waals surface area contributed by atoms with Crippen LogP contribution < -0.4 is 0 Å². The molecule has 6 heteroatoms. The van der Waals surface area contributed by atoms with Crippen molar-refractivity contribution in [2.75, 3.05) is 6.26 Å². The quantitative estimate of drug-likeness (QED) is 0.912. The summed E-state index contributed by atoms with van der Waals surface area (Å²) < 4.78 is 24.9. The van der Waals surface area contributed by atoms with Crippen LogP contribution in [0.25, 0.3) is 0 Å². The topological polar surface area (TPSA) is 72.2 Å². The van der Waals surface area contributed by atoms with Crippen LogP contribution in [0.4, 0.5) is 0 Å². The van der Waals surface area contributed by atoms with Crippen molar-refractivity contribution in [1.29, 1.82) is 0 Å². The van der Waals surface area contributed by atoms with Gasteiger partial charge in [0.05, 0.1) is 16.7 Å². The van der Waals surface area contributed by atoms with Gasteiger partial charge >= 0.3 is 0 Å². The van der Waals surface area contributed by atoms with Gasteiger partial charge < -0.3 is 5.11 Å². The molecule has 114 valence electrons. The molecule has 2 aromatic rings. The van der Waals surface area contributed by atoms with E-state index in [0.29, 0.717) is 12.0 Å². The molecule has 1 atom stereocenters. The van der Waals surface area contributed by atoms with Gasteiger partial charge in [-0.25, -0.2) is 8.42 Å². The Hall–Kier alpha value is -1.66. The van der Waals surface area contributed by atoms with Crippen LogP contribution in [0.5, 0.6) is 0 Å². The number of aliphatic hydroxyl groups is 1. The Morgan fingerprint density at radius 2 is 2.05 bits per heavy atom. The summed E-state index contributed by atoms with van der Waals surface area (Å²) in [4.78, 5) is 0.221. The number of rotatable bonds is 5. The van der Waals surface area contributed by atoms with Crippen molar-refractivity contribution in [2.45, 2.75) is 30.8 Å². The molecular formula is C15H20N2O3S. The highest BCUT2D eigenvalue weighted by Crippen LogP contribution is 2.21. The Kier molecular flexibility index (Phi) is 4.49. The average molecular weight is 308 g/mol. The van der Waals surface area contributed by atoms with E-state index in [-0.39, 0.29) is 4.90 Å². The molecule has 2 rings (SSSR count). The molecule has 0 saturated carbocycles. The fourth-order valence-electron chi connectivity index (χ4n) is 2.20. The number of nitrogens with zero attached hydrogens (tertiary/aromatic N) is 2. The third kappa shape index (κ3) is 3.71. The van der Waals surface area contributed by atoms with Gasteiger partial charge in [-0.3, -0.25) is 4.68 Å². The van der Waals surface area contributed by atoms with Gasteiger partial charge in [0.15, 0.2) is 9.84 Å². The number of aliphatic hydroxyl groups excluding tert-OH is 1. The van der Waals surface area contributed by atoms with Crippen LogP contribution >= 0.6 is 0 Å². The van der Waals surface area contributed by atoms with Gasteiger partial charge in [-0.2, -0.15) is 5.10 Å². The van der Waals surface area contributed by atoms with E-state index in [1.165, 1.54) is 12.1 Å². The molecule has 5 nitrogen and oxygen atoms in total. The first kappa shape index (κ1) is 15.7. The molecule has 0 radical (unpaired) electrons. The number of hydrogen-bond acceptors (Lipinski definition) is 4. The van der Waals surface area contributed by atoms with Gasteiger partial charge in [0.25, 0.3) is 0 Å². The van der Waals surface area contributed by atoms with Crippen LogP contribution in [0.3, 0.4) is 0 Å². The van der Waals surface area contributed by atoms with Crippen LogP contribution in [0, 0.1) is 0 Å². The number of aryl methyl sites for hydroxylation is 2. The maximum Gasteiger partial charge on any atom is 0.175 e. The minimum Gasteiger partial charge on any atom is -0.388 e. The molecule has 0 fully saturated rings. The highest BCUT2D eigenvalue weighted by atomic mass is 32.2. The minimum atomic E-state index is -3.27. The Bertz CT molecular complexity index is 735. The normalized spacial score (nSPS) is 13.3. The highest BCUT2D eigenvalue weighted by Gasteiger charge is 2.15. The molecule has 0 spiro atoms. The zero-order valence-corrected chi connectivity index (χ0v) is 13.3. The molecule has 21 heavy (non-hydrogen) atoms. The first-order chi connectivity index (χ1) is 9.81. The Labute approximate surface area is 125 Å². The van der Waals surface area contributed by atoms with Crippen molar-refractivity contribution < 1.29 is 13.5 Å². The third-order valence-corrected chi connectivity index (χ3v) is 4.57. The lowest BCUT2D eigenvalue weighted by Gasteiger charge is -2.12. The fourth-order valence-corrected chi connectivity index (χ4v) is 2.88. The lowest BCUT2D eigenvalue weighted by atomic mass is 10.0. The Balaban J connectivity index is 2.24. The Morgan fingerprint density at radius 3 is 2.62 bits per heavy atom. The van der Waals surface area contributed by atoms with E-state index in [1.54, 1.807) is 16.8 Å². The van der Waals surface area contributed by atoms with E-state index in [1.807, 2.05) is 20.0 Å². The van der Waals surface area contributed by atoms with Crippen LogP contribution in [-0.4, -0.2) is 29.6 Å². The summed E-state index contributed by atoms with van der Waals surface area (Å²) in [6.07, 6.45) is 1.64. The first-order valence-corrected chi connectivity index (χ1v) is 8.70. The summed E-state index contributed by atoms with van der Waals surface area (Å²) in [7, 11) is -1.43.